The van der Waals surface area contributed by atoms with Crippen LogP contribution in [0.2, 0.25) is 0 Å². The van der Waals surface area contributed by atoms with Crippen molar-refractivity contribution in [3.63, 3.8) is 0 Å². The first-order valence-corrected chi connectivity index (χ1v) is 7.41. The predicted molar refractivity (Wildman–Crippen MR) is 79.9 cm³/mol. The molecule has 22 heavy (non-hydrogen) atoms. The molecule has 0 aliphatic carbocycles. The van der Waals surface area contributed by atoms with Crippen molar-refractivity contribution in [1.29, 1.82) is 5.26 Å². The Kier molecular flexibility index (Phi) is 4.30. The number of anilines is 1. The summed E-state index contributed by atoms with van der Waals surface area (Å²) >= 11 is 0. The number of ether oxygens (including phenoxy) is 1. The van der Waals surface area contributed by atoms with E-state index in [-0.39, 0.29) is 6.10 Å². The molecule has 2 atom stereocenters. The van der Waals surface area contributed by atoms with Gasteiger partial charge in [0.1, 0.15) is 18.0 Å². The molecule has 3 rings (SSSR count). The van der Waals surface area contributed by atoms with Crippen molar-refractivity contribution in [2.45, 2.75) is 26.0 Å². The molecule has 3 heterocycles. The SMILES string of the molecule is CCn1nccc1[C@@H]1OCC[C@H]1CNc1cnc(C#N)cn1. The van der Waals surface area contributed by atoms with Gasteiger partial charge in [0.05, 0.1) is 18.1 Å². The Hall–Kier alpha value is -2.46. The Bertz CT molecular complexity index is 659. The molecule has 1 aliphatic rings. The summed E-state index contributed by atoms with van der Waals surface area (Å²) in [6.07, 6.45) is 5.92. The molecule has 0 bridgehead atoms. The van der Waals surface area contributed by atoms with E-state index in [0.717, 1.165) is 31.8 Å². The molecule has 2 aromatic rings. The second kappa shape index (κ2) is 6.54. The van der Waals surface area contributed by atoms with Crippen LogP contribution in [0.15, 0.2) is 24.7 Å². The Morgan fingerprint density at radius 3 is 3.09 bits per heavy atom. The molecule has 0 radical (unpaired) electrons. The maximum atomic E-state index is 8.72. The van der Waals surface area contributed by atoms with Crippen LogP contribution in [0, 0.1) is 17.2 Å². The van der Waals surface area contributed by atoms with Crippen LogP contribution in [0.25, 0.3) is 0 Å². The molecule has 1 fully saturated rings. The standard InChI is InChI=1S/C15H18N6O/c1-2-21-13(3-5-20-21)15-11(4-6-22-15)8-18-14-10-17-12(7-16)9-19-14/h3,5,9-11,15H,2,4,6,8H2,1H3,(H,18,19)/t11-,15+/m0/s1. The second-order valence-corrected chi connectivity index (χ2v) is 5.19. The van der Waals surface area contributed by atoms with Crippen LogP contribution in [-0.4, -0.2) is 32.9 Å². The van der Waals surface area contributed by atoms with Crippen LogP contribution in [0.5, 0.6) is 0 Å². The molecule has 0 aromatic carbocycles. The molecule has 0 spiro atoms. The van der Waals surface area contributed by atoms with Crippen molar-refractivity contribution in [2.75, 3.05) is 18.5 Å². The third-order valence-corrected chi connectivity index (χ3v) is 3.87. The van der Waals surface area contributed by atoms with E-state index in [2.05, 4.69) is 27.3 Å². The molecule has 1 saturated heterocycles. The topological polar surface area (TPSA) is 88.6 Å². The van der Waals surface area contributed by atoms with E-state index in [4.69, 9.17) is 10.00 Å². The van der Waals surface area contributed by atoms with Gasteiger partial charge in [0.25, 0.3) is 0 Å². The highest BCUT2D eigenvalue weighted by molar-refractivity contribution is 5.33. The minimum atomic E-state index is 0.0568. The zero-order chi connectivity index (χ0) is 15.4. The van der Waals surface area contributed by atoms with Crippen molar-refractivity contribution >= 4 is 5.82 Å². The lowest BCUT2D eigenvalue weighted by atomic mass is 9.99. The van der Waals surface area contributed by atoms with Crippen LogP contribution in [0.3, 0.4) is 0 Å². The van der Waals surface area contributed by atoms with Gasteiger partial charge >= 0.3 is 0 Å². The number of hydrogen-bond acceptors (Lipinski definition) is 6. The number of nitrogens with one attached hydrogen (secondary N) is 1. The van der Waals surface area contributed by atoms with Crippen molar-refractivity contribution in [2.24, 2.45) is 5.92 Å². The smallest absolute Gasteiger partial charge is 0.158 e. The summed E-state index contributed by atoms with van der Waals surface area (Å²) in [4.78, 5) is 8.18. The van der Waals surface area contributed by atoms with Crippen molar-refractivity contribution < 1.29 is 4.74 Å². The number of aryl methyl sites for hydroxylation is 1. The highest BCUT2D eigenvalue weighted by Crippen LogP contribution is 2.34. The van der Waals surface area contributed by atoms with Crippen molar-refractivity contribution in [3.05, 3.63) is 36.0 Å². The summed E-state index contributed by atoms with van der Waals surface area (Å²) in [5.74, 6) is 1.04. The first-order chi connectivity index (χ1) is 10.8. The monoisotopic (exact) mass is 298 g/mol. The van der Waals surface area contributed by atoms with Crippen LogP contribution in [0.4, 0.5) is 5.82 Å². The highest BCUT2D eigenvalue weighted by atomic mass is 16.5. The molecule has 0 amide bonds. The summed E-state index contributed by atoms with van der Waals surface area (Å²) < 4.78 is 7.87. The molecule has 7 nitrogen and oxygen atoms in total. The van der Waals surface area contributed by atoms with Crippen molar-refractivity contribution in [1.82, 2.24) is 19.7 Å². The van der Waals surface area contributed by atoms with E-state index in [1.54, 1.807) is 6.20 Å². The van der Waals surface area contributed by atoms with Gasteiger partial charge in [0.2, 0.25) is 0 Å². The highest BCUT2D eigenvalue weighted by Gasteiger charge is 2.31. The lowest BCUT2D eigenvalue weighted by molar-refractivity contribution is 0.0858. The Balaban J connectivity index is 1.65. The van der Waals surface area contributed by atoms with Gasteiger partial charge in [-0.15, -0.1) is 0 Å². The minimum absolute atomic E-state index is 0.0568. The van der Waals surface area contributed by atoms with E-state index >= 15 is 0 Å². The van der Waals surface area contributed by atoms with E-state index in [1.165, 1.54) is 6.20 Å². The largest absolute Gasteiger partial charge is 0.372 e. The Morgan fingerprint density at radius 2 is 2.36 bits per heavy atom. The zero-order valence-corrected chi connectivity index (χ0v) is 12.4. The van der Waals surface area contributed by atoms with E-state index in [0.29, 0.717) is 17.4 Å². The van der Waals surface area contributed by atoms with E-state index < -0.39 is 0 Å². The predicted octanol–water partition coefficient (Wildman–Crippen LogP) is 1.75. The van der Waals surface area contributed by atoms with Crippen LogP contribution < -0.4 is 5.32 Å². The van der Waals surface area contributed by atoms with E-state index in [1.807, 2.05) is 23.0 Å². The average Bonchev–Trinajstić information content (AvgIpc) is 3.21. The lowest BCUT2D eigenvalue weighted by Crippen LogP contribution is -2.20. The summed E-state index contributed by atoms with van der Waals surface area (Å²) in [5, 5.41) is 16.3. The second-order valence-electron chi connectivity index (χ2n) is 5.19. The molecule has 0 saturated carbocycles. The van der Waals surface area contributed by atoms with Gasteiger partial charge in [0, 0.05) is 31.8 Å². The summed E-state index contributed by atoms with van der Waals surface area (Å²) in [5.41, 5.74) is 1.44. The van der Waals surface area contributed by atoms with Crippen LogP contribution in [-0.2, 0) is 11.3 Å². The van der Waals surface area contributed by atoms with E-state index in [9.17, 15) is 0 Å². The van der Waals surface area contributed by atoms with Gasteiger partial charge in [-0.3, -0.25) is 4.68 Å². The fourth-order valence-electron chi connectivity index (χ4n) is 2.73. The van der Waals surface area contributed by atoms with Gasteiger partial charge in [-0.05, 0) is 19.4 Å². The normalized spacial score (nSPS) is 20.7. The maximum Gasteiger partial charge on any atom is 0.158 e. The molecular formula is C15H18N6O. The number of hydrogen-bond donors (Lipinski definition) is 1. The molecule has 1 aliphatic heterocycles. The van der Waals surface area contributed by atoms with Crippen LogP contribution in [0.1, 0.15) is 30.8 Å². The Labute approximate surface area is 129 Å². The fourth-order valence-corrected chi connectivity index (χ4v) is 2.73. The fraction of sp³-hybridized carbons (Fsp3) is 0.467. The number of aromatic nitrogens is 4. The maximum absolute atomic E-state index is 8.72. The molecular weight excluding hydrogens is 280 g/mol. The zero-order valence-electron chi connectivity index (χ0n) is 12.4. The van der Waals surface area contributed by atoms with Gasteiger partial charge in [-0.25, -0.2) is 9.97 Å². The third-order valence-electron chi connectivity index (χ3n) is 3.87. The summed E-state index contributed by atoms with van der Waals surface area (Å²) in [6, 6.07) is 3.98. The van der Waals surface area contributed by atoms with Crippen LogP contribution >= 0.6 is 0 Å². The average molecular weight is 298 g/mol. The van der Waals surface area contributed by atoms with Gasteiger partial charge in [0.15, 0.2) is 5.69 Å². The summed E-state index contributed by atoms with van der Waals surface area (Å²) in [7, 11) is 0. The first-order valence-electron chi connectivity index (χ1n) is 7.41. The molecule has 114 valence electrons. The third kappa shape index (κ3) is 2.92. The molecule has 2 aromatic heterocycles. The molecule has 1 N–H and O–H groups in total. The Morgan fingerprint density at radius 1 is 1.45 bits per heavy atom. The minimum Gasteiger partial charge on any atom is -0.372 e. The number of nitriles is 1. The van der Waals surface area contributed by atoms with Gasteiger partial charge in [-0.2, -0.15) is 10.4 Å². The quantitative estimate of drug-likeness (QED) is 0.904. The first kappa shape index (κ1) is 14.5. The lowest BCUT2D eigenvalue weighted by Gasteiger charge is -2.20. The van der Waals surface area contributed by atoms with Crippen molar-refractivity contribution in [3.8, 4) is 6.07 Å². The molecule has 7 heteroatoms. The van der Waals surface area contributed by atoms with Gasteiger partial charge < -0.3 is 10.1 Å². The van der Waals surface area contributed by atoms with Gasteiger partial charge in [-0.1, -0.05) is 0 Å². The molecule has 0 unspecified atom stereocenters. The number of nitrogens with zero attached hydrogens (tertiary/aromatic N) is 5. The summed E-state index contributed by atoms with van der Waals surface area (Å²) in [6.45, 7) is 4.42. The number of rotatable bonds is 5.